The highest BCUT2D eigenvalue weighted by atomic mass is 16.5. The summed E-state index contributed by atoms with van der Waals surface area (Å²) in [4.78, 5) is 4.42. The molecule has 3 nitrogen and oxygen atoms in total. The minimum Gasteiger partial charge on any atom is -0.381 e. The van der Waals surface area contributed by atoms with Crippen molar-refractivity contribution in [3.8, 4) is 0 Å². The molecule has 0 spiro atoms. The van der Waals surface area contributed by atoms with Gasteiger partial charge < -0.3 is 10.1 Å². The van der Waals surface area contributed by atoms with Crippen LogP contribution in [-0.4, -0.2) is 24.2 Å². The molecule has 1 aliphatic rings. The molecule has 1 saturated heterocycles. The van der Waals surface area contributed by atoms with Gasteiger partial charge in [0.2, 0.25) is 0 Å². The number of nitrogens with zero attached hydrogens (tertiary/aromatic N) is 1. The van der Waals surface area contributed by atoms with Crippen molar-refractivity contribution in [2.75, 3.05) is 18.5 Å². The Morgan fingerprint density at radius 2 is 2.24 bits per heavy atom. The molecule has 1 atom stereocenters. The van der Waals surface area contributed by atoms with Crippen molar-refractivity contribution in [2.24, 2.45) is 0 Å². The molecule has 3 rings (SSSR count). The highest BCUT2D eigenvalue weighted by molar-refractivity contribution is 5.90. The van der Waals surface area contributed by atoms with Crippen molar-refractivity contribution in [1.82, 2.24) is 4.98 Å². The zero-order valence-electron chi connectivity index (χ0n) is 9.73. The Labute approximate surface area is 101 Å². The predicted molar refractivity (Wildman–Crippen MR) is 69.2 cm³/mol. The van der Waals surface area contributed by atoms with E-state index in [4.69, 9.17) is 4.74 Å². The standard InChI is InChI=1S/C14H16N2O/c1-4-11-5-2-8-15-14(11)13(7-1)16-10-12-6-3-9-17-12/h1-2,4-5,7-8,12,16H,3,6,9-10H2. The second kappa shape index (κ2) is 4.72. The van der Waals surface area contributed by atoms with Crippen LogP contribution in [-0.2, 0) is 4.74 Å². The smallest absolute Gasteiger partial charge is 0.0933 e. The summed E-state index contributed by atoms with van der Waals surface area (Å²) in [5.41, 5.74) is 2.13. The summed E-state index contributed by atoms with van der Waals surface area (Å²) in [7, 11) is 0. The maximum absolute atomic E-state index is 5.60. The molecule has 1 aromatic carbocycles. The molecule has 0 bridgehead atoms. The van der Waals surface area contributed by atoms with Crippen LogP contribution in [0.3, 0.4) is 0 Å². The monoisotopic (exact) mass is 228 g/mol. The Balaban J connectivity index is 1.79. The summed E-state index contributed by atoms with van der Waals surface area (Å²) in [5, 5.41) is 4.61. The molecule has 1 N–H and O–H groups in total. The highest BCUT2D eigenvalue weighted by Gasteiger charge is 2.15. The molecule has 2 aromatic rings. The number of ether oxygens (including phenoxy) is 1. The maximum Gasteiger partial charge on any atom is 0.0933 e. The lowest BCUT2D eigenvalue weighted by molar-refractivity contribution is 0.120. The molecule has 0 radical (unpaired) electrons. The number of benzene rings is 1. The third-order valence-electron chi connectivity index (χ3n) is 3.18. The van der Waals surface area contributed by atoms with Crippen molar-refractivity contribution in [1.29, 1.82) is 0 Å². The molecule has 2 heterocycles. The van der Waals surface area contributed by atoms with E-state index in [0.29, 0.717) is 6.10 Å². The molecule has 1 aromatic heterocycles. The lowest BCUT2D eigenvalue weighted by atomic mass is 10.2. The lowest BCUT2D eigenvalue weighted by Crippen LogP contribution is -2.18. The van der Waals surface area contributed by atoms with Gasteiger partial charge in [0.1, 0.15) is 0 Å². The van der Waals surface area contributed by atoms with E-state index in [1.807, 2.05) is 12.3 Å². The number of nitrogens with one attached hydrogen (secondary N) is 1. The van der Waals surface area contributed by atoms with Gasteiger partial charge in [-0.2, -0.15) is 0 Å². The van der Waals surface area contributed by atoms with E-state index < -0.39 is 0 Å². The number of fused-ring (bicyclic) bond motifs is 1. The van der Waals surface area contributed by atoms with Crippen molar-refractivity contribution in [2.45, 2.75) is 18.9 Å². The first kappa shape index (κ1) is 10.5. The van der Waals surface area contributed by atoms with Crippen LogP contribution in [0.1, 0.15) is 12.8 Å². The maximum atomic E-state index is 5.60. The van der Waals surface area contributed by atoms with Gasteiger partial charge in [0, 0.05) is 24.7 Å². The largest absolute Gasteiger partial charge is 0.381 e. The number of anilines is 1. The van der Waals surface area contributed by atoms with E-state index in [2.05, 4.69) is 34.6 Å². The second-order valence-electron chi connectivity index (χ2n) is 4.40. The molecule has 17 heavy (non-hydrogen) atoms. The summed E-state index contributed by atoms with van der Waals surface area (Å²) in [6, 6.07) is 10.3. The topological polar surface area (TPSA) is 34.2 Å². The van der Waals surface area contributed by atoms with Gasteiger partial charge in [-0.05, 0) is 25.0 Å². The van der Waals surface area contributed by atoms with E-state index in [1.165, 1.54) is 11.8 Å². The SMILES string of the molecule is c1cnc2c(NCC3CCCO3)cccc2c1. The third kappa shape index (κ3) is 2.24. The van der Waals surface area contributed by atoms with Gasteiger partial charge >= 0.3 is 0 Å². The quantitative estimate of drug-likeness (QED) is 0.877. The molecule has 1 aliphatic heterocycles. The van der Waals surface area contributed by atoms with Crippen LogP contribution < -0.4 is 5.32 Å². The summed E-state index contributed by atoms with van der Waals surface area (Å²) in [6.45, 7) is 1.77. The van der Waals surface area contributed by atoms with Crippen molar-refractivity contribution < 1.29 is 4.74 Å². The third-order valence-corrected chi connectivity index (χ3v) is 3.18. The summed E-state index contributed by atoms with van der Waals surface area (Å²) in [6.07, 6.45) is 4.53. The van der Waals surface area contributed by atoms with Gasteiger partial charge in [-0.1, -0.05) is 18.2 Å². The second-order valence-corrected chi connectivity index (χ2v) is 4.40. The first-order chi connectivity index (χ1) is 8.43. The predicted octanol–water partition coefficient (Wildman–Crippen LogP) is 2.83. The first-order valence-corrected chi connectivity index (χ1v) is 6.13. The number of rotatable bonds is 3. The summed E-state index contributed by atoms with van der Waals surface area (Å²) in [5.74, 6) is 0. The average molecular weight is 228 g/mol. The van der Waals surface area contributed by atoms with Gasteiger partial charge in [0.15, 0.2) is 0 Å². The Morgan fingerprint density at radius 1 is 1.29 bits per heavy atom. The van der Waals surface area contributed by atoms with Crippen LogP contribution in [0, 0.1) is 0 Å². The van der Waals surface area contributed by atoms with Crippen LogP contribution >= 0.6 is 0 Å². The lowest BCUT2D eigenvalue weighted by Gasteiger charge is -2.13. The molecule has 1 fully saturated rings. The molecular formula is C14H16N2O. The van der Waals surface area contributed by atoms with E-state index in [0.717, 1.165) is 30.8 Å². The Hall–Kier alpha value is -1.61. The van der Waals surface area contributed by atoms with E-state index in [9.17, 15) is 0 Å². The number of pyridine rings is 1. The van der Waals surface area contributed by atoms with Crippen LogP contribution in [0.4, 0.5) is 5.69 Å². The minimum absolute atomic E-state index is 0.356. The number of aromatic nitrogens is 1. The molecular weight excluding hydrogens is 212 g/mol. The van der Waals surface area contributed by atoms with Crippen molar-refractivity contribution >= 4 is 16.6 Å². The minimum atomic E-state index is 0.356. The van der Waals surface area contributed by atoms with E-state index >= 15 is 0 Å². The average Bonchev–Trinajstić information content (AvgIpc) is 2.89. The highest BCUT2D eigenvalue weighted by Crippen LogP contribution is 2.21. The summed E-state index contributed by atoms with van der Waals surface area (Å²) < 4.78 is 5.60. The Bertz CT molecular complexity index is 501. The molecule has 0 aliphatic carbocycles. The number of hydrogen-bond acceptors (Lipinski definition) is 3. The van der Waals surface area contributed by atoms with Gasteiger partial charge in [0.25, 0.3) is 0 Å². The fourth-order valence-electron chi connectivity index (χ4n) is 2.28. The van der Waals surface area contributed by atoms with Crippen LogP contribution in [0.25, 0.3) is 10.9 Å². The molecule has 88 valence electrons. The Kier molecular flexibility index (Phi) is 2.92. The fourth-order valence-corrected chi connectivity index (χ4v) is 2.28. The number of hydrogen-bond donors (Lipinski definition) is 1. The van der Waals surface area contributed by atoms with Gasteiger partial charge in [-0.3, -0.25) is 4.98 Å². The van der Waals surface area contributed by atoms with E-state index in [1.54, 1.807) is 0 Å². The molecule has 3 heteroatoms. The fraction of sp³-hybridized carbons (Fsp3) is 0.357. The molecule has 1 unspecified atom stereocenters. The Morgan fingerprint density at radius 3 is 3.12 bits per heavy atom. The van der Waals surface area contributed by atoms with Crippen LogP contribution in [0.5, 0.6) is 0 Å². The zero-order chi connectivity index (χ0) is 11.5. The summed E-state index contributed by atoms with van der Waals surface area (Å²) >= 11 is 0. The normalized spacial score (nSPS) is 19.6. The van der Waals surface area contributed by atoms with Gasteiger partial charge in [-0.25, -0.2) is 0 Å². The van der Waals surface area contributed by atoms with Crippen molar-refractivity contribution in [3.05, 3.63) is 36.5 Å². The zero-order valence-corrected chi connectivity index (χ0v) is 9.73. The van der Waals surface area contributed by atoms with Gasteiger partial charge in [0.05, 0.1) is 17.3 Å². The molecule has 0 amide bonds. The van der Waals surface area contributed by atoms with E-state index in [-0.39, 0.29) is 0 Å². The van der Waals surface area contributed by atoms with Crippen LogP contribution in [0.2, 0.25) is 0 Å². The first-order valence-electron chi connectivity index (χ1n) is 6.13. The number of para-hydroxylation sites is 1. The van der Waals surface area contributed by atoms with Crippen LogP contribution in [0.15, 0.2) is 36.5 Å². The van der Waals surface area contributed by atoms with Gasteiger partial charge in [-0.15, -0.1) is 0 Å². The molecule has 0 saturated carbocycles. The van der Waals surface area contributed by atoms with Crippen molar-refractivity contribution in [3.63, 3.8) is 0 Å².